The van der Waals surface area contributed by atoms with E-state index in [1.54, 1.807) is 0 Å². The molecule has 130 valence electrons. The molecule has 0 spiro atoms. The maximum Gasteiger partial charge on any atom is 0.251 e. The molecule has 1 unspecified atom stereocenters. The minimum atomic E-state index is 0.0555. The smallest absolute Gasteiger partial charge is 0.251 e. The zero-order valence-electron chi connectivity index (χ0n) is 14.5. The summed E-state index contributed by atoms with van der Waals surface area (Å²) in [4.78, 5) is 15.0. The second-order valence-electron chi connectivity index (χ2n) is 6.97. The number of hydrogen-bond donors (Lipinski definition) is 2. The van der Waals surface area contributed by atoms with Gasteiger partial charge in [0.15, 0.2) is 0 Å². The summed E-state index contributed by atoms with van der Waals surface area (Å²) in [5, 5.41) is 6.64. The second kappa shape index (κ2) is 7.28. The zero-order chi connectivity index (χ0) is 17.1. The van der Waals surface area contributed by atoms with Gasteiger partial charge in [-0.25, -0.2) is 0 Å². The van der Waals surface area contributed by atoms with Crippen molar-refractivity contribution in [1.82, 2.24) is 10.6 Å². The Morgan fingerprint density at radius 3 is 2.68 bits per heavy atom. The molecule has 1 fully saturated rings. The van der Waals surface area contributed by atoms with Crippen LogP contribution in [-0.4, -0.2) is 38.1 Å². The zero-order valence-corrected chi connectivity index (χ0v) is 14.5. The first-order valence-electron chi connectivity index (χ1n) is 9.23. The summed E-state index contributed by atoms with van der Waals surface area (Å²) in [5.41, 5.74) is 4.71. The largest absolute Gasteiger partial charge is 0.369 e. The first kappa shape index (κ1) is 16.2. The fraction of sp³-hybridized carbons (Fsp3) is 0.381. The van der Waals surface area contributed by atoms with E-state index in [-0.39, 0.29) is 11.9 Å². The van der Waals surface area contributed by atoms with E-state index in [1.807, 2.05) is 12.1 Å². The summed E-state index contributed by atoms with van der Waals surface area (Å²) in [5.74, 6) is 0.0555. The van der Waals surface area contributed by atoms with Crippen molar-refractivity contribution in [1.29, 1.82) is 0 Å². The van der Waals surface area contributed by atoms with Crippen LogP contribution in [0.1, 0.15) is 27.9 Å². The second-order valence-corrected chi connectivity index (χ2v) is 6.97. The van der Waals surface area contributed by atoms with Gasteiger partial charge in [0.2, 0.25) is 0 Å². The number of nitrogens with zero attached hydrogens (tertiary/aromatic N) is 1. The predicted octanol–water partition coefficient (Wildman–Crippen LogP) is 2.38. The van der Waals surface area contributed by atoms with Crippen molar-refractivity contribution in [2.75, 3.05) is 31.1 Å². The number of hydrogen-bond acceptors (Lipinski definition) is 3. The van der Waals surface area contributed by atoms with Crippen LogP contribution in [0.2, 0.25) is 0 Å². The highest BCUT2D eigenvalue weighted by Crippen LogP contribution is 2.20. The Morgan fingerprint density at radius 2 is 1.84 bits per heavy atom. The monoisotopic (exact) mass is 335 g/mol. The van der Waals surface area contributed by atoms with Crippen LogP contribution in [0.15, 0.2) is 48.5 Å². The van der Waals surface area contributed by atoms with Crippen LogP contribution in [0.4, 0.5) is 5.69 Å². The Balaban J connectivity index is 1.40. The molecular formula is C21H25N3O. The van der Waals surface area contributed by atoms with Crippen LogP contribution in [-0.2, 0) is 12.8 Å². The molecule has 1 amide bonds. The van der Waals surface area contributed by atoms with Gasteiger partial charge in [0.05, 0.1) is 0 Å². The lowest BCUT2D eigenvalue weighted by atomic mass is 9.99. The molecule has 4 rings (SSSR count). The summed E-state index contributed by atoms with van der Waals surface area (Å²) in [7, 11) is 0. The van der Waals surface area contributed by atoms with Crippen LogP contribution >= 0.6 is 0 Å². The summed E-state index contributed by atoms with van der Waals surface area (Å²) < 4.78 is 0. The number of carbonyl (C=O) groups excluding carboxylic acids is 1. The quantitative estimate of drug-likeness (QED) is 0.905. The van der Waals surface area contributed by atoms with E-state index in [0.29, 0.717) is 0 Å². The Labute approximate surface area is 149 Å². The molecule has 0 saturated carbocycles. The van der Waals surface area contributed by atoms with E-state index in [0.717, 1.165) is 51.0 Å². The third-order valence-electron chi connectivity index (χ3n) is 5.26. The van der Waals surface area contributed by atoms with Crippen LogP contribution < -0.4 is 15.5 Å². The fourth-order valence-corrected chi connectivity index (χ4v) is 3.84. The minimum absolute atomic E-state index is 0.0555. The van der Waals surface area contributed by atoms with Gasteiger partial charge in [-0.2, -0.15) is 0 Å². The Hall–Kier alpha value is -2.33. The molecule has 0 aromatic heterocycles. The molecule has 25 heavy (non-hydrogen) atoms. The number of rotatable bonds is 3. The number of benzene rings is 2. The van der Waals surface area contributed by atoms with Crippen molar-refractivity contribution in [3.63, 3.8) is 0 Å². The number of para-hydroxylation sites is 1. The number of carbonyl (C=O) groups is 1. The van der Waals surface area contributed by atoms with E-state index in [9.17, 15) is 4.79 Å². The van der Waals surface area contributed by atoms with Gasteiger partial charge < -0.3 is 15.5 Å². The normalized spacial score (nSPS) is 20.0. The average molecular weight is 335 g/mol. The van der Waals surface area contributed by atoms with E-state index >= 15 is 0 Å². The van der Waals surface area contributed by atoms with Gasteiger partial charge in [-0.3, -0.25) is 4.79 Å². The van der Waals surface area contributed by atoms with Crippen molar-refractivity contribution in [3.8, 4) is 0 Å². The van der Waals surface area contributed by atoms with Crippen molar-refractivity contribution < 1.29 is 4.79 Å². The molecule has 2 N–H and O–H groups in total. The number of fused-ring (bicyclic) bond motifs is 1. The molecule has 1 saturated heterocycles. The van der Waals surface area contributed by atoms with Crippen LogP contribution in [0.25, 0.3) is 0 Å². The van der Waals surface area contributed by atoms with E-state index in [2.05, 4.69) is 51.9 Å². The highest BCUT2D eigenvalue weighted by molar-refractivity contribution is 5.94. The molecule has 2 aliphatic rings. The van der Waals surface area contributed by atoms with Crippen molar-refractivity contribution in [2.24, 2.45) is 0 Å². The molecule has 2 aromatic carbocycles. The molecule has 2 aliphatic heterocycles. The Morgan fingerprint density at radius 1 is 1.04 bits per heavy atom. The van der Waals surface area contributed by atoms with Gasteiger partial charge in [-0.1, -0.05) is 24.3 Å². The SMILES string of the molecule is O=C(NC1CCN(c2ccccc2)C1)c1ccc2c(c1)CCNCC2. The predicted molar refractivity (Wildman–Crippen MR) is 101 cm³/mol. The van der Waals surface area contributed by atoms with E-state index in [1.165, 1.54) is 16.8 Å². The lowest BCUT2D eigenvalue weighted by molar-refractivity contribution is 0.0940. The Kier molecular flexibility index (Phi) is 4.70. The van der Waals surface area contributed by atoms with Gasteiger partial charge >= 0.3 is 0 Å². The average Bonchev–Trinajstić information content (AvgIpc) is 2.98. The van der Waals surface area contributed by atoms with Crippen LogP contribution in [0.3, 0.4) is 0 Å². The molecular weight excluding hydrogens is 310 g/mol. The number of nitrogens with one attached hydrogen (secondary N) is 2. The molecule has 2 aromatic rings. The summed E-state index contributed by atoms with van der Waals surface area (Å²) in [6.45, 7) is 3.89. The van der Waals surface area contributed by atoms with Gasteiger partial charge in [0, 0.05) is 30.4 Å². The highest BCUT2D eigenvalue weighted by Gasteiger charge is 2.24. The fourth-order valence-electron chi connectivity index (χ4n) is 3.84. The third-order valence-corrected chi connectivity index (χ3v) is 5.26. The number of anilines is 1. The molecule has 0 aliphatic carbocycles. The Bertz CT molecular complexity index is 744. The van der Waals surface area contributed by atoms with Gasteiger partial charge in [-0.05, 0) is 67.7 Å². The summed E-state index contributed by atoms with van der Waals surface area (Å²) >= 11 is 0. The van der Waals surface area contributed by atoms with Gasteiger partial charge in [0.1, 0.15) is 0 Å². The van der Waals surface area contributed by atoms with Crippen LogP contribution in [0.5, 0.6) is 0 Å². The maximum atomic E-state index is 12.7. The highest BCUT2D eigenvalue weighted by atomic mass is 16.1. The van der Waals surface area contributed by atoms with Crippen molar-refractivity contribution in [2.45, 2.75) is 25.3 Å². The molecule has 0 bridgehead atoms. The maximum absolute atomic E-state index is 12.7. The van der Waals surface area contributed by atoms with E-state index < -0.39 is 0 Å². The molecule has 4 heteroatoms. The van der Waals surface area contributed by atoms with Crippen molar-refractivity contribution >= 4 is 11.6 Å². The molecule has 1 atom stereocenters. The number of amides is 1. The topological polar surface area (TPSA) is 44.4 Å². The lowest BCUT2D eigenvalue weighted by Crippen LogP contribution is -2.37. The first-order chi connectivity index (χ1) is 12.3. The van der Waals surface area contributed by atoms with Gasteiger partial charge in [-0.15, -0.1) is 0 Å². The molecule has 2 heterocycles. The first-order valence-corrected chi connectivity index (χ1v) is 9.23. The van der Waals surface area contributed by atoms with Crippen LogP contribution in [0, 0.1) is 0 Å². The van der Waals surface area contributed by atoms with Crippen molar-refractivity contribution in [3.05, 3.63) is 65.2 Å². The molecule has 0 radical (unpaired) electrons. The minimum Gasteiger partial charge on any atom is -0.369 e. The lowest BCUT2D eigenvalue weighted by Gasteiger charge is -2.19. The summed E-state index contributed by atoms with van der Waals surface area (Å²) in [6, 6.07) is 16.8. The van der Waals surface area contributed by atoms with Gasteiger partial charge in [0.25, 0.3) is 5.91 Å². The third kappa shape index (κ3) is 3.69. The summed E-state index contributed by atoms with van der Waals surface area (Å²) in [6.07, 6.45) is 3.04. The standard InChI is InChI=1S/C21H25N3O/c25-21(18-7-6-16-8-11-22-12-9-17(16)14-18)23-19-10-13-24(15-19)20-4-2-1-3-5-20/h1-7,14,19,22H,8-13,15H2,(H,23,25). The van der Waals surface area contributed by atoms with E-state index in [4.69, 9.17) is 0 Å². The molecule has 4 nitrogen and oxygen atoms in total.